The minimum absolute atomic E-state index is 0.00857. The van der Waals surface area contributed by atoms with Crippen LogP contribution < -0.4 is 9.64 Å². The van der Waals surface area contributed by atoms with Crippen molar-refractivity contribution in [3.8, 4) is 5.75 Å². The Labute approximate surface area is 203 Å². The van der Waals surface area contributed by atoms with Crippen LogP contribution in [0.15, 0.2) is 78.4 Å². The number of carbonyl (C=O) groups is 3. The lowest BCUT2D eigenvalue weighted by Gasteiger charge is -2.26. The van der Waals surface area contributed by atoms with Crippen LogP contribution in [0.4, 0.5) is 5.69 Å². The maximum atomic E-state index is 13.3. The van der Waals surface area contributed by atoms with E-state index in [9.17, 15) is 19.5 Å². The molecule has 1 fully saturated rings. The van der Waals surface area contributed by atoms with E-state index < -0.39 is 17.7 Å². The van der Waals surface area contributed by atoms with Crippen LogP contribution >= 0.6 is 0 Å². The van der Waals surface area contributed by atoms with E-state index in [-0.39, 0.29) is 23.7 Å². The van der Waals surface area contributed by atoms with Crippen LogP contribution in [0.5, 0.6) is 5.75 Å². The molecular weight excluding hydrogens is 446 g/mol. The average molecular weight is 472 g/mol. The predicted molar refractivity (Wildman–Crippen MR) is 131 cm³/mol. The van der Waals surface area contributed by atoms with Gasteiger partial charge in [-0.2, -0.15) is 0 Å². The zero-order valence-corrected chi connectivity index (χ0v) is 19.6. The highest BCUT2D eigenvalue weighted by Gasteiger charge is 2.47. The van der Waals surface area contributed by atoms with Crippen LogP contribution in [0.2, 0.25) is 0 Å². The number of aryl methyl sites for hydroxylation is 1. The van der Waals surface area contributed by atoms with Crippen LogP contribution in [0, 0.1) is 6.92 Å². The van der Waals surface area contributed by atoms with Crippen molar-refractivity contribution < 1.29 is 29.0 Å². The number of anilines is 1. The molecule has 1 unspecified atom stereocenters. The second-order valence-corrected chi connectivity index (χ2v) is 8.23. The molecule has 35 heavy (non-hydrogen) atoms. The van der Waals surface area contributed by atoms with Gasteiger partial charge in [-0.15, -0.1) is 0 Å². The molecule has 1 aliphatic heterocycles. The Hall–Kier alpha value is -4.39. The number of aliphatic hydroxyl groups is 1. The van der Waals surface area contributed by atoms with Crippen molar-refractivity contribution in [2.75, 3.05) is 19.1 Å². The molecule has 0 aromatic heterocycles. The fourth-order valence-electron chi connectivity index (χ4n) is 4.11. The highest BCUT2D eigenvalue weighted by atomic mass is 16.5. The number of methoxy groups -OCH3 is 2. The van der Waals surface area contributed by atoms with Gasteiger partial charge in [0.25, 0.3) is 11.7 Å². The average Bonchev–Trinajstić information content (AvgIpc) is 3.14. The first-order chi connectivity index (χ1) is 16.8. The first-order valence-electron chi connectivity index (χ1n) is 11.0. The molecule has 1 N–H and O–H groups in total. The van der Waals surface area contributed by atoms with Gasteiger partial charge in [0.15, 0.2) is 0 Å². The zero-order chi connectivity index (χ0) is 25.1. The largest absolute Gasteiger partial charge is 0.507 e. The third-order valence-electron chi connectivity index (χ3n) is 5.97. The number of hydrogen-bond acceptors (Lipinski definition) is 6. The fourth-order valence-corrected chi connectivity index (χ4v) is 4.11. The monoisotopic (exact) mass is 471 g/mol. The molecule has 178 valence electrons. The summed E-state index contributed by atoms with van der Waals surface area (Å²) in [6, 6.07) is 20.0. The number of hydrogen-bond donors (Lipinski definition) is 1. The highest BCUT2D eigenvalue weighted by molar-refractivity contribution is 6.51. The number of ketones is 1. The fraction of sp³-hybridized carbons (Fsp3) is 0.179. The second-order valence-electron chi connectivity index (χ2n) is 8.23. The number of benzene rings is 3. The molecule has 0 aliphatic carbocycles. The van der Waals surface area contributed by atoms with Gasteiger partial charge < -0.3 is 14.6 Å². The normalized spacial score (nSPS) is 16.9. The number of aliphatic hydroxyl groups excluding tert-OH is 1. The standard InChI is InChI=1S/C28H25NO6/c1-17-7-11-19(12-8-17)26(31)24-25(20-5-4-6-22(16-20)34-2)29(28(33)27(24)32)21-13-9-18(10-14-21)15-23(30)35-3/h4-14,16,25,31H,15H2,1-3H3/b26-24-. The highest BCUT2D eigenvalue weighted by Crippen LogP contribution is 2.42. The second kappa shape index (κ2) is 9.85. The smallest absolute Gasteiger partial charge is 0.309 e. The van der Waals surface area contributed by atoms with Gasteiger partial charge in [-0.3, -0.25) is 19.3 Å². The number of carbonyl (C=O) groups excluding carboxylic acids is 3. The van der Waals surface area contributed by atoms with Crippen LogP contribution in [0.3, 0.4) is 0 Å². The minimum Gasteiger partial charge on any atom is -0.507 e. The Bertz CT molecular complexity index is 1310. The summed E-state index contributed by atoms with van der Waals surface area (Å²) in [5.74, 6) is -1.62. The molecule has 0 spiro atoms. The van der Waals surface area contributed by atoms with Gasteiger partial charge in [0.05, 0.1) is 32.3 Å². The van der Waals surface area contributed by atoms with E-state index in [1.807, 2.05) is 19.1 Å². The van der Waals surface area contributed by atoms with E-state index in [0.717, 1.165) is 5.56 Å². The van der Waals surface area contributed by atoms with Gasteiger partial charge in [-0.1, -0.05) is 54.1 Å². The van der Waals surface area contributed by atoms with Crippen molar-refractivity contribution in [2.24, 2.45) is 0 Å². The van der Waals surface area contributed by atoms with Crippen molar-refractivity contribution in [3.63, 3.8) is 0 Å². The van der Waals surface area contributed by atoms with Gasteiger partial charge in [0, 0.05) is 11.3 Å². The zero-order valence-electron chi connectivity index (χ0n) is 19.6. The van der Waals surface area contributed by atoms with Gasteiger partial charge >= 0.3 is 5.97 Å². The number of rotatable bonds is 6. The summed E-state index contributed by atoms with van der Waals surface area (Å²) in [7, 11) is 2.85. The summed E-state index contributed by atoms with van der Waals surface area (Å²) in [4.78, 5) is 39.5. The third-order valence-corrected chi connectivity index (χ3v) is 5.97. The summed E-state index contributed by atoms with van der Waals surface area (Å²) < 4.78 is 10.1. The molecule has 0 bridgehead atoms. The molecule has 3 aromatic rings. The molecule has 4 rings (SSSR count). The van der Waals surface area contributed by atoms with Gasteiger partial charge in [-0.25, -0.2) is 0 Å². The van der Waals surface area contributed by atoms with Gasteiger partial charge in [0.2, 0.25) is 0 Å². The Morgan fingerprint density at radius 2 is 1.66 bits per heavy atom. The maximum Gasteiger partial charge on any atom is 0.309 e. The summed E-state index contributed by atoms with van der Waals surface area (Å²) in [6.45, 7) is 1.92. The maximum absolute atomic E-state index is 13.3. The quantitative estimate of drug-likeness (QED) is 0.249. The van der Waals surface area contributed by atoms with Crippen LogP contribution in [0.25, 0.3) is 5.76 Å². The predicted octanol–water partition coefficient (Wildman–Crippen LogP) is 4.35. The Morgan fingerprint density at radius 3 is 2.29 bits per heavy atom. The van der Waals surface area contributed by atoms with E-state index in [0.29, 0.717) is 28.1 Å². The van der Waals surface area contributed by atoms with Crippen molar-refractivity contribution in [3.05, 3.63) is 101 Å². The SMILES string of the molecule is COC(=O)Cc1ccc(N2C(=O)C(=O)/C(=C(\O)c3ccc(C)cc3)C2c2cccc(OC)c2)cc1. The Morgan fingerprint density at radius 1 is 0.971 bits per heavy atom. The van der Waals surface area contributed by atoms with E-state index in [4.69, 9.17) is 9.47 Å². The number of amides is 1. The molecule has 3 aromatic carbocycles. The molecular formula is C28H25NO6. The minimum atomic E-state index is -0.877. The van der Waals surface area contributed by atoms with Gasteiger partial charge in [-0.05, 0) is 42.3 Å². The molecule has 1 heterocycles. The van der Waals surface area contributed by atoms with E-state index in [1.54, 1.807) is 60.7 Å². The van der Waals surface area contributed by atoms with Crippen molar-refractivity contribution >= 4 is 29.1 Å². The van der Waals surface area contributed by atoms with Crippen LogP contribution in [-0.2, 0) is 25.5 Å². The lowest BCUT2D eigenvalue weighted by atomic mass is 9.94. The molecule has 1 atom stereocenters. The molecule has 1 aliphatic rings. The number of Topliss-reactive ketones (excluding diaryl/α,β-unsaturated/α-hetero) is 1. The molecule has 0 radical (unpaired) electrons. The Kier molecular flexibility index (Phi) is 6.68. The molecule has 7 heteroatoms. The summed E-state index contributed by atoms with van der Waals surface area (Å²) in [6.07, 6.45) is 0.0856. The molecule has 1 amide bonds. The first kappa shape index (κ1) is 23.8. The van der Waals surface area contributed by atoms with Crippen LogP contribution in [0.1, 0.15) is 28.3 Å². The van der Waals surface area contributed by atoms with Crippen LogP contribution in [-0.4, -0.2) is 37.0 Å². The summed E-state index contributed by atoms with van der Waals surface area (Å²) >= 11 is 0. The lowest BCUT2D eigenvalue weighted by molar-refractivity contribution is -0.139. The first-order valence-corrected chi connectivity index (χ1v) is 11.0. The molecule has 0 saturated carbocycles. The van der Waals surface area contributed by atoms with E-state index >= 15 is 0 Å². The summed E-state index contributed by atoms with van der Waals surface area (Å²) in [5, 5.41) is 11.2. The topological polar surface area (TPSA) is 93.1 Å². The lowest BCUT2D eigenvalue weighted by Crippen LogP contribution is -2.29. The van der Waals surface area contributed by atoms with Gasteiger partial charge in [0.1, 0.15) is 11.5 Å². The molecule has 7 nitrogen and oxygen atoms in total. The van der Waals surface area contributed by atoms with E-state index in [1.165, 1.54) is 19.1 Å². The summed E-state index contributed by atoms with van der Waals surface area (Å²) in [5.41, 5.74) is 3.20. The third kappa shape index (κ3) is 4.66. The van der Waals surface area contributed by atoms with Crippen molar-refractivity contribution in [2.45, 2.75) is 19.4 Å². The van der Waals surface area contributed by atoms with Crippen molar-refractivity contribution in [1.29, 1.82) is 0 Å². The number of nitrogens with zero attached hydrogens (tertiary/aromatic N) is 1. The van der Waals surface area contributed by atoms with E-state index in [2.05, 4.69) is 0 Å². The number of esters is 1. The Balaban J connectivity index is 1.86. The van der Waals surface area contributed by atoms with Crippen molar-refractivity contribution in [1.82, 2.24) is 0 Å². The molecule has 1 saturated heterocycles. The number of ether oxygens (including phenoxy) is 2.